The van der Waals surface area contributed by atoms with Gasteiger partial charge in [0.2, 0.25) is 0 Å². The first-order chi connectivity index (χ1) is 13.0. The van der Waals surface area contributed by atoms with E-state index < -0.39 is 13.0 Å². The average Bonchev–Trinajstić information content (AvgIpc) is 2.97. The van der Waals surface area contributed by atoms with E-state index in [1.165, 1.54) is 0 Å². The lowest BCUT2D eigenvalue weighted by molar-refractivity contribution is 0.0818. The van der Waals surface area contributed by atoms with E-state index in [0.29, 0.717) is 18.3 Å². The highest BCUT2D eigenvalue weighted by molar-refractivity contribution is 14.0. The molecular weight excluding hydrogens is 479 g/mol. The Hall–Kier alpha value is -1.91. The predicted molar refractivity (Wildman–Crippen MR) is 118 cm³/mol. The van der Waals surface area contributed by atoms with Crippen LogP contribution in [0.1, 0.15) is 23.4 Å². The minimum atomic E-state index is -2.48. The monoisotopic (exact) mass is 507 g/mol. The van der Waals surface area contributed by atoms with Gasteiger partial charge in [-0.05, 0) is 44.0 Å². The number of guanidine groups is 1. The smallest absolute Gasteiger partial charge is 0.272 e. The second kappa shape index (κ2) is 12.5. The first kappa shape index (κ1) is 24.1. The molecule has 0 saturated carbocycles. The zero-order chi connectivity index (χ0) is 19.6. The van der Waals surface area contributed by atoms with Gasteiger partial charge in [-0.3, -0.25) is 9.67 Å². The highest BCUT2D eigenvalue weighted by atomic mass is 127. The lowest BCUT2D eigenvalue weighted by Gasteiger charge is -2.13. The van der Waals surface area contributed by atoms with Crippen LogP contribution in [-0.4, -0.2) is 42.4 Å². The average molecular weight is 507 g/mol. The number of hydrogen-bond donors (Lipinski definition) is 2. The molecule has 28 heavy (non-hydrogen) atoms. The predicted octanol–water partition coefficient (Wildman–Crippen LogP) is 3.52. The van der Waals surface area contributed by atoms with Crippen molar-refractivity contribution in [3.8, 4) is 5.75 Å². The van der Waals surface area contributed by atoms with Crippen LogP contribution in [0.2, 0.25) is 0 Å². The molecule has 9 heteroatoms. The molecular formula is C19H28F2IN5O. The SMILES string of the molecule is CN=C(NCCCn1nc(C)cc1C)NCc1cccc(OCC(F)F)c1.I. The molecule has 0 aliphatic heterocycles. The molecule has 1 aromatic heterocycles. The fourth-order valence-electron chi connectivity index (χ4n) is 2.65. The van der Waals surface area contributed by atoms with Crippen molar-refractivity contribution in [2.45, 2.75) is 39.8 Å². The largest absolute Gasteiger partial charge is 0.488 e. The Morgan fingerprint density at radius 3 is 2.68 bits per heavy atom. The van der Waals surface area contributed by atoms with Gasteiger partial charge in [0.25, 0.3) is 6.43 Å². The fraction of sp³-hybridized carbons (Fsp3) is 0.474. The highest BCUT2D eigenvalue weighted by Gasteiger charge is 2.05. The molecule has 2 N–H and O–H groups in total. The fourth-order valence-corrected chi connectivity index (χ4v) is 2.65. The molecule has 0 aliphatic carbocycles. The normalized spacial score (nSPS) is 11.3. The van der Waals surface area contributed by atoms with Crippen LogP contribution >= 0.6 is 24.0 Å². The third-order valence-corrected chi connectivity index (χ3v) is 3.90. The van der Waals surface area contributed by atoms with Crippen molar-refractivity contribution in [3.63, 3.8) is 0 Å². The van der Waals surface area contributed by atoms with E-state index >= 15 is 0 Å². The summed E-state index contributed by atoms with van der Waals surface area (Å²) in [4.78, 5) is 4.19. The minimum absolute atomic E-state index is 0. The molecule has 0 fully saturated rings. The number of aliphatic imine (C=N–C) groups is 1. The summed E-state index contributed by atoms with van der Waals surface area (Å²) in [6, 6.07) is 9.15. The van der Waals surface area contributed by atoms with Gasteiger partial charge in [0.05, 0.1) is 5.69 Å². The summed E-state index contributed by atoms with van der Waals surface area (Å²) in [7, 11) is 1.71. The molecule has 0 bridgehead atoms. The van der Waals surface area contributed by atoms with Gasteiger partial charge in [-0.25, -0.2) is 8.78 Å². The van der Waals surface area contributed by atoms with Gasteiger partial charge < -0.3 is 15.4 Å². The third kappa shape index (κ3) is 8.41. The molecule has 156 valence electrons. The number of nitrogens with zero attached hydrogens (tertiary/aromatic N) is 3. The maximum Gasteiger partial charge on any atom is 0.272 e. The van der Waals surface area contributed by atoms with Crippen molar-refractivity contribution in [2.75, 3.05) is 20.2 Å². The van der Waals surface area contributed by atoms with Crippen molar-refractivity contribution in [1.29, 1.82) is 0 Å². The van der Waals surface area contributed by atoms with Crippen LogP contribution in [0.5, 0.6) is 5.75 Å². The minimum Gasteiger partial charge on any atom is -0.488 e. The Morgan fingerprint density at radius 1 is 1.25 bits per heavy atom. The van der Waals surface area contributed by atoms with Gasteiger partial charge >= 0.3 is 0 Å². The summed E-state index contributed by atoms with van der Waals surface area (Å²) in [5.41, 5.74) is 3.11. The maximum atomic E-state index is 12.2. The summed E-state index contributed by atoms with van der Waals surface area (Å²) >= 11 is 0. The Labute approximate surface area is 181 Å². The molecule has 0 saturated heterocycles. The Morgan fingerprint density at radius 2 is 2.04 bits per heavy atom. The highest BCUT2D eigenvalue weighted by Crippen LogP contribution is 2.14. The number of halogens is 3. The van der Waals surface area contributed by atoms with Crippen LogP contribution in [0, 0.1) is 13.8 Å². The zero-order valence-electron chi connectivity index (χ0n) is 16.4. The van der Waals surface area contributed by atoms with E-state index in [1.807, 2.05) is 24.6 Å². The van der Waals surface area contributed by atoms with Gasteiger partial charge in [0.1, 0.15) is 12.4 Å². The number of aromatic nitrogens is 2. The zero-order valence-corrected chi connectivity index (χ0v) is 18.7. The van der Waals surface area contributed by atoms with Crippen molar-refractivity contribution < 1.29 is 13.5 Å². The molecule has 6 nitrogen and oxygen atoms in total. The summed E-state index contributed by atoms with van der Waals surface area (Å²) in [5, 5.41) is 10.9. The van der Waals surface area contributed by atoms with Gasteiger partial charge in [0, 0.05) is 32.4 Å². The molecule has 2 rings (SSSR count). The van der Waals surface area contributed by atoms with Gasteiger partial charge in [-0.2, -0.15) is 5.10 Å². The summed E-state index contributed by atoms with van der Waals surface area (Å²) in [6.45, 7) is 5.55. The Balaban J connectivity index is 0.00000392. The lowest BCUT2D eigenvalue weighted by atomic mass is 10.2. The topological polar surface area (TPSA) is 63.5 Å². The number of aryl methyl sites for hydroxylation is 3. The number of alkyl halides is 2. The summed E-state index contributed by atoms with van der Waals surface area (Å²) in [6.07, 6.45) is -1.57. The molecule has 1 aromatic carbocycles. The molecule has 0 amide bonds. The summed E-state index contributed by atoms with van der Waals surface area (Å²) < 4.78 is 31.5. The van der Waals surface area contributed by atoms with Crippen LogP contribution in [0.25, 0.3) is 0 Å². The molecule has 0 atom stereocenters. The first-order valence-corrected chi connectivity index (χ1v) is 8.93. The third-order valence-electron chi connectivity index (χ3n) is 3.90. The second-order valence-corrected chi connectivity index (χ2v) is 6.21. The lowest BCUT2D eigenvalue weighted by Crippen LogP contribution is -2.37. The number of benzene rings is 1. The van der Waals surface area contributed by atoms with E-state index in [2.05, 4.69) is 26.8 Å². The van der Waals surface area contributed by atoms with E-state index in [-0.39, 0.29) is 24.0 Å². The standard InChI is InChI=1S/C19H27F2N5O.HI/c1-14-10-15(2)26(25-14)9-5-8-23-19(22-3)24-12-16-6-4-7-17(11-16)27-13-18(20)21;/h4,6-7,10-11,18H,5,8-9,12-13H2,1-3H3,(H2,22,23,24);1H. The van der Waals surface area contributed by atoms with E-state index in [0.717, 1.165) is 36.5 Å². The van der Waals surface area contributed by atoms with Crippen molar-refractivity contribution in [1.82, 2.24) is 20.4 Å². The Bertz CT molecular complexity index is 752. The van der Waals surface area contributed by atoms with Crippen molar-refractivity contribution >= 4 is 29.9 Å². The number of rotatable bonds is 9. The molecule has 0 unspecified atom stereocenters. The molecule has 1 heterocycles. The van der Waals surface area contributed by atoms with Crippen molar-refractivity contribution in [2.24, 2.45) is 4.99 Å². The van der Waals surface area contributed by atoms with Crippen LogP contribution in [0.3, 0.4) is 0 Å². The van der Waals surface area contributed by atoms with Crippen molar-refractivity contribution in [3.05, 3.63) is 47.3 Å². The molecule has 0 aliphatic rings. The first-order valence-electron chi connectivity index (χ1n) is 8.93. The van der Waals surface area contributed by atoms with Gasteiger partial charge in [-0.15, -0.1) is 24.0 Å². The summed E-state index contributed by atoms with van der Waals surface area (Å²) in [5.74, 6) is 1.12. The molecule has 2 aromatic rings. The van der Waals surface area contributed by atoms with E-state index in [4.69, 9.17) is 4.74 Å². The number of nitrogens with one attached hydrogen (secondary N) is 2. The molecule has 0 radical (unpaired) electrons. The maximum absolute atomic E-state index is 12.2. The van der Waals surface area contributed by atoms with E-state index in [1.54, 1.807) is 25.2 Å². The second-order valence-electron chi connectivity index (χ2n) is 6.21. The number of hydrogen-bond acceptors (Lipinski definition) is 3. The van der Waals surface area contributed by atoms with Crippen LogP contribution in [0.15, 0.2) is 35.3 Å². The van der Waals surface area contributed by atoms with Crippen LogP contribution in [0.4, 0.5) is 8.78 Å². The quantitative estimate of drug-likeness (QED) is 0.236. The van der Waals surface area contributed by atoms with E-state index in [9.17, 15) is 8.78 Å². The van der Waals surface area contributed by atoms with Crippen LogP contribution < -0.4 is 15.4 Å². The van der Waals surface area contributed by atoms with Gasteiger partial charge in [-0.1, -0.05) is 12.1 Å². The number of ether oxygens (including phenoxy) is 1. The Kier molecular flexibility index (Phi) is 10.8. The van der Waals surface area contributed by atoms with Gasteiger partial charge in [0.15, 0.2) is 5.96 Å². The molecule has 0 spiro atoms. The van der Waals surface area contributed by atoms with Crippen LogP contribution in [-0.2, 0) is 13.1 Å².